The van der Waals surface area contributed by atoms with Gasteiger partial charge in [0.1, 0.15) is 5.82 Å². The number of hydrogen-bond donors (Lipinski definition) is 0. The summed E-state index contributed by atoms with van der Waals surface area (Å²) in [5, 5.41) is 0. The summed E-state index contributed by atoms with van der Waals surface area (Å²) in [7, 11) is 0. The maximum atomic E-state index is 13.1. The Bertz CT molecular complexity index is 734. The topological polar surface area (TPSA) is 19.4 Å². The molecular weight excluding hydrogens is 325 g/mol. The van der Waals surface area contributed by atoms with Gasteiger partial charge in [0.2, 0.25) is 0 Å². The molecule has 2 aliphatic rings. The molecule has 1 saturated heterocycles. The van der Waals surface area contributed by atoms with E-state index in [2.05, 4.69) is 33.0 Å². The molecule has 1 aliphatic carbocycles. The summed E-state index contributed by atoms with van der Waals surface area (Å²) >= 11 is 0. The fraction of sp³-hybridized carbons (Fsp3) is 0.409. The van der Waals surface area contributed by atoms with Crippen molar-refractivity contribution < 1.29 is 4.39 Å². The third-order valence-corrected chi connectivity index (χ3v) is 5.68. The van der Waals surface area contributed by atoms with E-state index in [9.17, 15) is 4.39 Å². The first-order valence-corrected chi connectivity index (χ1v) is 9.58. The molecule has 1 aliphatic heterocycles. The predicted octanol–water partition coefficient (Wildman–Crippen LogP) is 3.97. The molecule has 26 heavy (non-hydrogen) atoms. The van der Waals surface area contributed by atoms with Crippen molar-refractivity contribution in [3.8, 4) is 0 Å². The molecule has 2 heterocycles. The molecule has 3 nitrogen and oxygen atoms in total. The Morgan fingerprint density at radius 3 is 2.35 bits per heavy atom. The summed E-state index contributed by atoms with van der Waals surface area (Å²) in [6.45, 7) is 5.58. The molecule has 1 aromatic carbocycles. The van der Waals surface area contributed by atoms with Crippen molar-refractivity contribution in [2.45, 2.75) is 31.8 Å². The van der Waals surface area contributed by atoms with Crippen LogP contribution >= 0.6 is 0 Å². The Morgan fingerprint density at radius 1 is 0.962 bits per heavy atom. The molecule has 4 heteroatoms. The second kappa shape index (κ2) is 8.11. The predicted molar refractivity (Wildman–Crippen MR) is 103 cm³/mol. The van der Waals surface area contributed by atoms with E-state index in [4.69, 9.17) is 0 Å². The zero-order chi connectivity index (χ0) is 17.8. The molecule has 136 valence electrons. The number of rotatable bonds is 4. The van der Waals surface area contributed by atoms with Gasteiger partial charge < -0.3 is 0 Å². The average Bonchev–Trinajstić information content (AvgIpc) is 2.70. The van der Waals surface area contributed by atoms with E-state index in [0.717, 1.165) is 45.6 Å². The highest BCUT2D eigenvalue weighted by atomic mass is 19.1. The van der Waals surface area contributed by atoms with Crippen LogP contribution in [0.2, 0.25) is 0 Å². The molecule has 2 aromatic rings. The van der Waals surface area contributed by atoms with Gasteiger partial charge in [-0.05, 0) is 60.2 Å². The monoisotopic (exact) mass is 351 g/mol. The summed E-state index contributed by atoms with van der Waals surface area (Å²) < 4.78 is 13.1. The second-order valence-corrected chi connectivity index (χ2v) is 7.33. The van der Waals surface area contributed by atoms with Gasteiger partial charge in [-0.1, -0.05) is 18.2 Å². The summed E-state index contributed by atoms with van der Waals surface area (Å²) in [5.41, 5.74) is 3.89. The van der Waals surface area contributed by atoms with Crippen molar-refractivity contribution in [2.24, 2.45) is 0 Å². The van der Waals surface area contributed by atoms with Crippen molar-refractivity contribution in [1.29, 1.82) is 0 Å². The quantitative estimate of drug-likeness (QED) is 0.831. The van der Waals surface area contributed by atoms with E-state index in [-0.39, 0.29) is 5.82 Å². The summed E-state index contributed by atoms with van der Waals surface area (Å²) in [6.07, 6.45) is 9.51. The third kappa shape index (κ3) is 4.19. The van der Waals surface area contributed by atoms with Gasteiger partial charge in [-0.3, -0.25) is 14.8 Å². The number of halogens is 1. The SMILES string of the molecule is Fc1ccc(C2=CCC(N3CCN(Cc4ccncc4)CC3)CC2)cc1. The molecule has 0 spiro atoms. The van der Waals surface area contributed by atoms with Crippen LogP contribution in [0.1, 0.15) is 30.4 Å². The van der Waals surface area contributed by atoms with Crippen LogP contribution in [0, 0.1) is 5.82 Å². The van der Waals surface area contributed by atoms with Gasteiger partial charge in [0, 0.05) is 51.2 Å². The van der Waals surface area contributed by atoms with Gasteiger partial charge in [-0.15, -0.1) is 0 Å². The Balaban J connectivity index is 1.28. The number of pyridine rings is 1. The van der Waals surface area contributed by atoms with Gasteiger partial charge in [0.05, 0.1) is 0 Å². The average molecular weight is 351 g/mol. The number of hydrogen-bond acceptors (Lipinski definition) is 3. The fourth-order valence-electron chi connectivity index (χ4n) is 4.11. The molecule has 0 radical (unpaired) electrons. The molecule has 4 rings (SSSR count). The van der Waals surface area contributed by atoms with Crippen LogP contribution in [0.15, 0.2) is 54.9 Å². The minimum absolute atomic E-state index is 0.160. The molecule has 1 fully saturated rings. The van der Waals surface area contributed by atoms with Crippen LogP contribution in [0.3, 0.4) is 0 Å². The number of benzene rings is 1. The van der Waals surface area contributed by atoms with Crippen molar-refractivity contribution in [3.05, 3.63) is 71.8 Å². The van der Waals surface area contributed by atoms with Crippen LogP contribution in [-0.2, 0) is 6.54 Å². The maximum absolute atomic E-state index is 13.1. The third-order valence-electron chi connectivity index (χ3n) is 5.68. The fourth-order valence-corrected chi connectivity index (χ4v) is 4.11. The van der Waals surface area contributed by atoms with E-state index >= 15 is 0 Å². The lowest BCUT2D eigenvalue weighted by molar-refractivity contribution is 0.0881. The van der Waals surface area contributed by atoms with E-state index in [1.54, 1.807) is 12.1 Å². The number of aromatic nitrogens is 1. The van der Waals surface area contributed by atoms with E-state index < -0.39 is 0 Å². The van der Waals surface area contributed by atoms with Crippen LogP contribution in [0.5, 0.6) is 0 Å². The maximum Gasteiger partial charge on any atom is 0.123 e. The van der Waals surface area contributed by atoms with Gasteiger partial charge in [0.15, 0.2) is 0 Å². The molecule has 0 saturated carbocycles. The lowest BCUT2D eigenvalue weighted by Crippen LogP contribution is -2.50. The van der Waals surface area contributed by atoms with Gasteiger partial charge in [-0.25, -0.2) is 4.39 Å². The summed E-state index contributed by atoms with van der Waals surface area (Å²) in [6, 6.07) is 11.8. The smallest absolute Gasteiger partial charge is 0.123 e. The van der Waals surface area contributed by atoms with Crippen LogP contribution in [-0.4, -0.2) is 47.0 Å². The lowest BCUT2D eigenvalue weighted by Gasteiger charge is -2.40. The lowest BCUT2D eigenvalue weighted by atomic mass is 9.89. The first-order valence-electron chi connectivity index (χ1n) is 9.58. The van der Waals surface area contributed by atoms with Crippen LogP contribution in [0.25, 0.3) is 5.57 Å². The van der Waals surface area contributed by atoms with Crippen LogP contribution < -0.4 is 0 Å². The Labute approximate surface area is 155 Å². The Morgan fingerprint density at radius 2 is 1.69 bits per heavy atom. The van der Waals surface area contributed by atoms with Crippen molar-refractivity contribution in [3.63, 3.8) is 0 Å². The molecule has 0 amide bonds. The minimum Gasteiger partial charge on any atom is -0.298 e. The van der Waals surface area contributed by atoms with E-state index in [0.29, 0.717) is 6.04 Å². The molecule has 1 atom stereocenters. The summed E-state index contributed by atoms with van der Waals surface area (Å²) in [4.78, 5) is 9.28. The highest BCUT2D eigenvalue weighted by Gasteiger charge is 2.25. The van der Waals surface area contributed by atoms with Gasteiger partial charge in [-0.2, -0.15) is 0 Å². The standard InChI is InChI=1S/C22H26FN3/c23-21-5-1-19(2-6-21)20-3-7-22(8-4-20)26-15-13-25(14-16-26)17-18-9-11-24-12-10-18/h1-3,5-6,9-12,22H,4,7-8,13-17H2. The largest absolute Gasteiger partial charge is 0.298 e. The Hall–Kier alpha value is -2.04. The molecule has 1 aromatic heterocycles. The normalized spacial score (nSPS) is 22.2. The highest BCUT2D eigenvalue weighted by Crippen LogP contribution is 2.30. The molecule has 1 unspecified atom stereocenters. The van der Waals surface area contributed by atoms with Crippen molar-refractivity contribution in [1.82, 2.24) is 14.8 Å². The number of allylic oxidation sites excluding steroid dienone is 1. The second-order valence-electron chi connectivity index (χ2n) is 7.33. The Kier molecular flexibility index (Phi) is 5.42. The van der Waals surface area contributed by atoms with E-state index in [1.165, 1.54) is 23.1 Å². The molecule has 0 N–H and O–H groups in total. The summed E-state index contributed by atoms with van der Waals surface area (Å²) in [5.74, 6) is -0.160. The highest BCUT2D eigenvalue weighted by molar-refractivity contribution is 5.66. The zero-order valence-corrected chi connectivity index (χ0v) is 15.1. The molecular formula is C22H26FN3. The first-order chi connectivity index (χ1) is 12.8. The molecule has 0 bridgehead atoms. The van der Waals surface area contributed by atoms with Crippen molar-refractivity contribution >= 4 is 5.57 Å². The first kappa shape index (κ1) is 17.4. The van der Waals surface area contributed by atoms with Crippen LogP contribution in [0.4, 0.5) is 4.39 Å². The van der Waals surface area contributed by atoms with Crippen molar-refractivity contribution in [2.75, 3.05) is 26.2 Å². The zero-order valence-electron chi connectivity index (χ0n) is 15.1. The van der Waals surface area contributed by atoms with Gasteiger partial charge in [0.25, 0.3) is 0 Å². The minimum atomic E-state index is -0.160. The number of nitrogens with zero attached hydrogens (tertiary/aromatic N) is 3. The van der Waals surface area contributed by atoms with E-state index in [1.807, 2.05) is 24.5 Å². The van der Waals surface area contributed by atoms with Gasteiger partial charge >= 0.3 is 0 Å². The number of piperazine rings is 1.